The molecule has 0 radical (unpaired) electrons. The first-order valence-electron chi connectivity index (χ1n) is 9.71. The molecule has 0 aliphatic rings. The van der Waals surface area contributed by atoms with E-state index in [-0.39, 0.29) is 0 Å². The predicted molar refractivity (Wildman–Crippen MR) is 122 cm³/mol. The topological polar surface area (TPSA) is 0 Å². The number of hydrogen-bond acceptors (Lipinski definition) is 0. The third-order valence-electron chi connectivity index (χ3n) is 5.41. The van der Waals surface area contributed by atoms with Crippen LogP contribution in [-0.4, -0.2) is 0 Å². The van der Waals surface area contributed by atoms with Gasteiger partial charge in [0.05, 0.1) is 0 Å². The lowest BCUT2D eigenvalue weighted by molar-refractivity contribution is 1.50. The predicted octanol–water partition coefficient (Wildman–Crippen LogP) is 7.97. The van der Waals surface area contributed by atoms with Gasteiger partial charge in [-0.2, -0.15) is 0 Å². The Balaban J connectivity index is 1.60. The second kappa shape index (κ2) is 8.10. The molecule has 0 saturated carbocycles. The Morgan fingerprint density at radius 3 is 0.964 bits per heavy atom. The molecule has 0 bridgehead atoms. The zero-order valence-electron chi connectivity index (χ0n) is 16.4. The number of benzene rings is 4. The van der Waals surface area contributed by atoms with E-state index in [0.29, 0.717) is 0 Å². The molecule has 0 spiro atoms. The molecule has 0 heterocycles. The molecule has 136 valence electrons. The Labute approximate surface area is 167 Å². The minimum absolute atomic E-state index is 1.25. The first-order valence-corrected chi connectivity index (χ1v) is 9.71. The van der Waals surface area contributed by atoms with Crippen LogP contribution >= 0.6 is 0 Å². The fourth-order valence-corrected chi connectivity index (χ4v) is 3.52. The van der Waals surface area contributed by atoms with Crippen molar-refractivity contribution in [3.8, 4) is 22.3 Å². The number of rotatable bonds is 4. The van der Waals surface area contributed by atoms with Crippen molar-refractivity contribution in [1.29, 1.82) is 0 Å². The highest BCUT2D eigenvalue weighted by Gasteiger charge is 2.05. The van der Waals surface area contributed by atoms with Crippen molar-refractivity contribution < 1.29 is 0 Å². The summed E-state index contributed by atoms with van der Waals surface area (Å²) in [5, 5.41) is 0. The van der Waals surface area contributed by atoms with Gasteiger partial charge in [-0.25, -0.2) is 0 Å². The lowest BCUT2D eigenvalue weighted by Crippen LogP contribution is -1.88. The summed E-state index contributed by atoms with van der Waals surface area (Å²) in [6.45, 7) is 4.41. The van der Waals surface area contributed by atoms with Gasteiger partial charge in [0.1, 0.15) is 0 Å². The van der Waals surface area contributed by atoms with Crippen LogP contribution in [0.5, 0.6) is 0 Å². The van der Waals surface area contributed by atoms with E-state index in [9.17, 15) is 0 Å². The molecule has 0 atom stereocenters. The summed E-state index contributed by atoms with van der Waals surface area (Å²) in [6.07, 6.45) is 0. The van der Waals surface area contributed by atoms with Gasteiger partial charge in [-0.15, -0.1) is 0 Å². The highest BCUT2D eigenvalue weighted by Crippen LogP contribution is 2.29. The van der Waals surface area contributed by atoms with E-state index in [1.807, 2.05) is 0 Å². The molecular weight excluding hydrogens is 336 g/mol. The molecule has 0 nitrogen and oxygen atoms in total. The fourth-order valence-electron chi connectivity index (χ4n) is 3.52. The Morgan fingerprint density at radius 1 is 0.357 bits per heavy atom. The minimum atomic E-state index is 1.25. The van der Waals surface area contributed by atoms with E-state index in [2.05, 4.69) is 123 Å². The van der Waals surface area contributed by atoms with Gasteiger partial charge in [-0.1, -0.05) is 109 Å². The van der Waals surface area contributed by atoms with Crippen molar-refractivity contribution in [2.24, 2.45) is 0 Å². The van der Waals surface area contributed by atoms with Crippen LogP contribution in [0.3, 0.4) is 0 Å². The smallest absolute Gasteiger partial charge is 0.0184 e. The van der Waals surface area contributed by atoms with Crippen LogP contribution < -0.4 is 0 Å². The van der Waals surface area contributed by atoms with E-state index in [0.717, 1.165) is 0 Å². The van der Waals surface area contributed by atoms with Crippen LogP contribution in [0.4, 0.5) is 0 Å². The summed E-state index contributed by atoms with van der Waals surface area (Å²) in [4.78, 5) is 0. The Hall–Kier alpha value is -3.38. The average Bonchev–Trinajstić information content (AvgIpc) is 2.79. The van der Waals surface area contributed by atoms with Crippen molar-refractivity contribution in [2.45, 2.75) is 13.8 Å². The van der Waals surface area contributed by atoms with Crippen LogP contribution in [0.1, 0.15) is 25.0 Å². The Kier molecular flexibility index (Phi) is 5.21. The second-order valence-electron chi connectivity index (χ2n) is 7.14. The van der Waals surface area contributed by atoms with E-state index >= 15 is 0 Å². The average molecular weight is 361 g/mol. The number of hydrogen-bond donors (Lipinski definition) is 0. The molecule has 0 aliphatic heterocycles. The van der Waals surface area contributed by atoms with Crippen LogP contribution in [0.25, 0.3) is 33.4 Å². The standard InChI is InChI=1S/C28H24/c1-21(23-13-17-27(18-14-23)25-9-5-3-6-10-25)22(2)24-15-19-28(20-16-24)26-11-7-4-8-12-26/h3-20H,1-2H3/b22-21+. The molecule has 0 amide bonds. The maximum Gasteiger partial charge on any atom is -0.0184 e. The minimum Gasteiger partial charge on any atom is -0.0622 e. The van der Waals surface area contributed by atoms with Gasteiger partial charge in [0.15, 0.2) is 0 Å². The molecule has 0 heteroatoms. The first kappa shape index (κ1) is 18.0. The molecule has 0 unspecified atom stereocenters. The van der Waals surface area contributed by atoms with E-state index in [4.69, 9.17) is 0 Å². The van der Waals surface area contributed by atoms with Gasteiger partial charge in [-0.05, 0) is 58.4 Å². The zero-order valence-corrected chi connectivity index (χ0v) is 16.4. The lowest BCUT2D eigenvalue weighted by Gasteiger charge is -2.11. The van der Waals surface area contributed by atoms with Gasteiger partial charge in [-0.3, -0.25) is 0 Å². The summed E-state index contributed by atoms with van der Waals surface area (Å²) < 4.78 is 0. The molecule has 0 aromatic heterocycles. The monoisotopic (exact) mass is 360 g/mol. The maximum absolute atomic E-state index is 2.22. The molecule has 4 rings (SSSR count). The zero-order chi connectivity index (χ0) is 19.3. The van der Waals surface area contributed by atoms with E-state index < -0.39 is 0 Å². The Bertz CT molecular complexity index is 977. The third kappa shape index (κ3) is 3.82. The lowest BCUT2D eigenvalue weighted by atomic mass is 9.94. The van der Waals surface area contributed by atoms with Gasteiger partial charge >= 0.3 is 0 Å². The molecule has 4 aromatic carbocycles. The van der Waals surface area contributed by atoms with Crippen LogP contribution in [0.2, 0.25) is 0 Å². The van der Waals surface area contributed by atoms with Crippen LogP contribution in [0.15, 0.2) is 109 Å². The summed E-state index contributed by atoms with van der Waals surface area (Å²) in [6, 6.07) is 38.7. The molecular formula is C28H24. The first-order chi connectivity index (χ1) is 13.7. The summed E-state index contributed by atoms with van der Waals surface area (Å²) in [7, 11) is 0. The molecule has 4 aromatic rings. The molecule has 0 aliphatic carbocycles. The fraction of sp³-hybridized carbons (Fsp3) is 0.0714. The number of allylic oxidation sites excluding steroid dienone is 2. The SMILES string of the molecule is C/C(=C(/C)c1ccc(-c2ccccc2)cc1)c1ccc(-c2ccccc2)cc1. The van der Waals surface area contributed by atoms with Crippen molar-refractivity contribution >= 4 is 11.1 Å². The molecule has 0 saturated heterocycles. The van der Waals surface area contributed by atoms with Gasteiger partial charge in [0, 0.05) is 0 Å². The Morgan fingerprint density at radius 2 is 0.643 bits per heavy atom. The highest BCUT2D eigenvalue weighted by atomic mass is 14.1. The normalized spacial score (nSPS) is 11.8. The van der Waals surface area contributed by atoms with Gasteiger partial charge in [0.2, 0.25) is 0 Å². The van der Waals surface area contributed by atoms with Gasteiger partial charge in [0.25, 0.3) is 0 Å². The molecule has 0 N–H and O–H groups in total. The highest BCUT2D eigenvalue weighted by molar-refractivity contribution is 5.89. The van der Waals surface area contributed by atoms with Crippen LogP contribution in [-0.2, 0) is 0 Å². The van der Waals surface area contributed by atoms with E-state index in [1.54, 1.807) is 0 Å². The van der Waals surface area contributed by atoms with Crippen molar-refractivity contribution in [1.82, 2.24) is 0 Å². The summed E-state index contributed by atoms with van der Waals surface area (Å²) >= 11 is 0. The maximum atomic E-state index is 2.22. The van der Waals surface area contributed by atoms with Gasteiger partial charge < -0.3 is 0 Å². The second-order valence-corrected chi connectivity index (χ2v) is 7.14. The summed E-state index contributed by atoms with van der Waals surface area (Å²) in [5.74, 6) is 0. The molecule has 0 fully saturated rings. The van der Waals surface area contributed by atoms with Crippen molar-refractivity contribution in [3.63, 3.8) is 0 Å². The van der Waals surface area contributed by atoms with Crippen LogP contribution in [0, 0.1) is 0 Å². The quantitative estimate of drug-likeness (QED) is 0.324. The molecule has 28 heavy (non-hydrogen) atoms. The largest absolute Gasteiger partial charge is 0.0622 e. The summed E-state index contributed by atoms with van der Waals surface area (Å²) in [5.41, 5.74) is 10.2. The van der Waals surface area contributed by atoms with Crippen molar-refractivity contribution in [2.75, 3.05) is 0 Å². The van der Waals surface area contributed by atoms with Crippen molar-refractivity contribution in [3.05, 3.63) is 120 Å². The van der Waals surface area contributed by atoms with E-state index in [1.165, 1.54) is 44.5 Å². The third-order valence-corrected chi connectivity index (χ3v) is 5.41.